The summed E-state index contributed by atoms with van der Waals surface area (Å²) in [4.78, 5) is 4.27. The van der Waals surface area contributed by atoms with Crippen molar-refractivity contribution >= 4 is 39.7 Å². The average molecular weight is 442 g/mol. The molecule has 0 aliphatic rings. The molecule has 1 atom stereocenters. The Kier molecular flexibility index (Phi) is 7.25. The van der Waals surface area contributed by atoms with E-state index >= 15 is 0 Å². The number of aromatic nitrogens is 1. The second kappa shape index (κ2) is 8.75. The molecule has 28 heavy (non-hydrogen) atoms. The van der Waals surface area contributed by atoms with E-state index < -0.39 is 18.2 Å². The van der Waals surface area contributed by atoms with E-state index in [1.807, 2.05) is 30.3 Å². The molecule has 0 amide bonds. The Morgan fingerprint density at radius 1 is 1.32 bits per heavy atom. The van der Waals surface area contributed by atoms with E-state index in [1.165, 1.54) is 11.3 Å². The largest absolute Gasteiger partial charge is 0.411 e. The predicted molar refractivity (Wildman–Crippen MR) is 119 cm³/mol. The normalized spacial score (nSPS) is 15.2. The molecule has 0 spiro atoms. The number of hydrogen-bond donors (Lipinski definition) is 1. The third-order valence-electron chi connectivity index (χ3n) is 5.16. The predicted octanol–water partition coefficient (Wildman–Crippen LogP) is 4.79. The Morgan fingerprint density at radius 3 is 2.54 bits per heavy atom. The fourth-order valence-corrected chi connectivity index (χ4v) is 6.58. The molecule has 0 fully saturated rings. The third-order valence-corrected chi connectivity index (χ3v) is 13.0. The topological polar surface area (TPSA) is 76.5 Å². The van der Waals surface area contributed by atoms with Crippen molar-refractivity contribution in [3.63, 3.8) is 0 Å². The van der Waals surface area contributed by atoms with E-state index in [1.54, 1.807) is 6.92 Å². The van der Waals surface area contributed by atoms with Crippen LogP contribution >= 0.6 is 11.3 Å². The molecule has 0 aliphatic carbocycles. The highest BCUT2D eigenvalue weighted by Crippen LogP contribution is 2.37. The second-order valence-corrected chi connectivity index (χ2v) is 16.6. The highest BCUT2D eigenvalue weighted by Gasteiger charge is 2.38. The van der Waals surface area contributed by atoms with Gasteiger partial charge in [-0.2, -0.15) is 0 Å². The Bertz CT molecular complexity index is 910. The number of hydrogen-bond acceptors (Lipinski definition) is 6. The lowest BCUT2D eigenvalue weighted by molar-refractivity contribution is 0.105. The summed E-state index contributed by atoms with van der Waals surface area (Å²) in [7, 11) is -5.49. The molecule has 0 aliphatic heterocycles. The molecule has 1 heterocycles. The van der Waals surface area contributed by atoms with Gasteiger partial charge in [0.05, 0.1) is 28.7 Å². The standard InChI is InChI=1S/C20H31NO4S2Si/c1-15(11-12-16(13-22)25-28(5,6)20(2,3)4)14-27(23,24)19-21-17-9-7-8-10-18(17)26-19/h7-11,16,22H,12-14H2,1-6H3/b15-11+/t16-/m0/s1. The summed E-state index contributed by atoms with van der Waals surface area (Å²) in [6, 6.07) is 7.41. The maximum atomic E-state index is 12.7. The molecule has 1 N–H and O–H groups in total. The van der Waals surface area contributed by atoms with Crippen molar-refractivity contribution in [1.29, 1.82) is 0 Å². The minimum atomic E-state index is -3.49. The highest BCUT2D eigenvalue weighted by molar-refractivity contribution is 7.93. The summed E-state index contributed by atoms with van der Waals surface area (Å²) < 4.78 is 32.7. The minimum absolute atomic E-state index is 0.0510. The van der Waals surface area contributed by atoms with E-state index in [0.29, 0.717) is 11.9 Å². The maximum Gasteiger partial charge on any atom is 0.210 e. The van der Waals surface area contributed by atoms with Crippen molar-refractivity contribution in [1.82, 2.24) is 4.98 Å². The lowest BCUT2D eigenvalue weighted by atomic mass is 10.2. The summed E-state index contributed by atoms with van der Waals surface area (Å²) in [5.74, 6) is -0.0783. The fraction of sp³-hybridized carbons (Fsp3) is 0.550. The van der Waals surface area contributed by atoms with Crippen LogP contribution in [0.3, 0.4) is 0 Å². The Balaban J connectivity index is 2.07. The summed E-state index contributed by atoms with van der Waals surface area (Å²) in [5.41, 5.74) is 1.44. The van der Waals surface area contributed by atoms with Gasteiger partial charge in [-0.05, 0) is 43.6 Å². The van der Waals surface area contributed by atoms with Crippen LogP contribution in [0.25, 0.3) is 10.2 Å². The first-order valence-electron chi connectivity index (χ1n) is 9.38. The molecule has 5 nitrogen and oxygen atoms in total. The lowest BCUT2D eigenvalue weighted by Crippen LogP contribution is -2.44. The molecule has 156 valence electrons. The van der Waals surface area contributed by atoms with Crippen molar-refractivity contribution in [3.8, 4) is 0 Å². The van der Waals surface area contributed by atoms with Crippen LogP contribution in [0.1, 0.15) is 34.1 Å². The molecule has 2 aromatic rings. The Morgan fingerprint density at radius 2 is 1.96 bits per heavy atom. The Labute approximate surface area is 173 Å². The maximum absolute atomic E-state index is 12.7. The van der Waals surface area contributed by atoms with E-state index in [0.717, 1.165) is 10.3 Å². The van der Waals surface area contributed by atoms with E-state index in [2.05, 4.69) is 38.8 Å². The summed E-state index contributed by atoms with van der Waals surface area (Å²) in [6.07, 6.45) is 2.03. The first kappa shape index (κ1) is 23.2. The number of para-hydroxylation sites is 1. The van der Waals surface area contributed by atoms with Crippen molar-refractivity contribution in [2.24, 2.45) is 0 Å². The second-order valence-electron chi connectivity index (χ2n) is 8.68. The number of aliphatic hydroxyl groups excluding tert-OH is 1. The van der Waals surface area contributed by atoms with Crippen LogP contribution in [0.5, 0.6) is 0 Å². The molecule has 0 unspecified atom stereocenters. The molecule has 8 heteroatoms. The molecule has 0 bridgehead atoms. The van der Waals surface area contributed by atoms with Gasteiger partial charge >= 0.3 is 0 Å². The zero-order chi connectivity index (χ0) is 21.2. The molecule has 1 aromatic carbocycles. The van der Waals surface area contributed by atoms with Gasteiger partial charge in [-0.1, -0.05) is 44.6 Å². The van der Waals surface area contributed by atoms with E-state index in [4.69, 9.17) is 4.43 Å². The van der Waals surface area contributed by atoms with Crippen molar-refractivity contribution < 1.29 is 18.0 Å². The molecule has 0 saturated carbocycles. The van der Waals surface area contributed by atoms with Crippen molar-refractivity contribution in [2.75, 3.05) is 12.4 Å². The summed E-state index contributed by atoms with van der Waals surface area (Å²) in [5, 5.41) is 9.75. The van der Waals surface area contributed by atoms with Gasteiger partial charge in [0.2, 0.25) is 14.2 Å². The van der Waals surface area contributed by atoms with Crippen LogP contribution in [0.4, 0.5) is 0 Å². The van der Waals surface area contributed by atoms with Gasteiger partial charge < -0.3 is 9.53 Å². The number of rotatable bonds is 8. The molecule has 0 saturated heterocycles. The van der Waals surface area contributed by atoms with Crippen LogP contribution in [0, 0.1) is 0 Å². The number of aliphatic hydroxyl groups is 1. The van der Waals surface area contributed by atoms with Gasteiger partial charge in [-0.15, -0.1) is 11.3 Å². The first-order valence-corrected chi connectivity index (χ1v) is 14.8. The zero-order valence-electron chi connectivity index (χ0n) is 17.5. The Hall–Kier alpha value is -1.06. The van der Waals surface area contributed by atoms with E-state index in [9.17, 15) is 13.5 Å². The number of sulfone groups is 1. The molecule has 2 rings (SSSR count). The first-order chi connectivity index (χ1) is 12.9. The van der Waals surface area contributed by atoms with Gasteiger partial charge in [0.25, 0.3) is 0 Å². The van der Waals surface area contributed by atoms with E-state index in [-0.39, 0.29) is 27.8 Å². The number of benzene rings is 1. The number of nitrogens with zero attached hydrogens (tertiary/aromatic N) is 1. The summed E-state index contributed by atoms with van der Waals surface area (Å²) >= 11 is 1.20. The van der Waals surface area contributed by atoms with Crippen LogP contribution in [-0.2, 0) is 14.3 Å². The molecule has 1 aromatic heterocycles. The molecular formula is C20H31NO4S2Si. The molecular weight excluding hydrogens is 410 g/mol. The smallest absolute Gasteiger partial charge is 0.210 e. The third kappa shape index (κ3) is 5.73. The molecule has 0 radical (unpaired) electrons. The van der Waals surface area contributed by atoms with Gasteiger partial charge in [-0.25, -0.2) is 13.4 Å². The van der Waals surface area contributed by atoms with Crippen LogP contribution in [0.2, 0.25) is 18.1 Å². The van der Waals surface area contributed by atoms with Crippen molar-refractivity contribution in [3.05, 3.63) is 35.9 Å². The van der Waals surface area contributed by atoms with Crippen LogP contribution in [-0.4, -0.2) is 45.3 Å². The number of fused-ring (bicyclic) bond motifs is 1. The average Bonchev–Trinajstić information content (AvgIpc) is 3.02. The zero-order valence-corrected chi connectivity index (χ0v) is 20.2. The van der Waals surface area contributed by atoms with Gasteiger partial charge in [0, 0.05) is 0 Å². The lowest BCUT2D eigenvalue weighted by Gasteiger charge is -2.38. The minimum Gasteiger partial charge on any atom is -0.411 e. The SMILES string of the molecule is C/C(=C\C[C@@H](CO)O[Si](C)(C)C(C)(C)C)CS(=O)(=O)c1nc2ccccc2s1. The highest BCUT2D eigenvalue weighted by atomic mass is 32.2. The summed E-state index contributed by atoms with van der Waals surface area (Å²) in [6.45, 7) is 12.5. The van der Waals surface area contributed by atoms with Crippen LogP contribution in [0.15, 0.2) is 40.3 Å². The monoisotopic (exact) mass is 441 g/mol. The van der Waals surface area contributed by atoms with Gasteiger partial charge in [0.1, 0.15) is 0 Å². The van der Waals surface area contributed by atoms with Gasteiger partial charge in [-0.3, -0.25) is 0 Å². The van der Waals surface area contributed by atoms with Gasteiger partial charge in [0.15, 0.2) is 8.32 Å². The fourth-order valence-electron chi connectivity index (χ4n) is 2.49. The van der Waals surface area contributed by atoms with Crippen LogP contribution < -0.4 is 0 Å². The van der Waals surface area contributed by atoms with Crippen molar-refractivity contribution in [2.45, 2.75) is 62.7 Å². The quantitative estimate of drug-likeness (QED) is 0.471. The number of thiazole rings is 1.